The number of H-pyrrole nitrogens is 2. The van der Waals surface area contributed by atoms with Crippen molar-refractivity contribution in [1.29, 1.82) is 0 Å². The second-order valence-electron chi connectivity index (χ2n) is 8.55. The summed E-state index contributed by atoms with van der Waals surface area (Å²) in [5, 5.41) is 9.90. The summed E-state index contributed by atoms with van der Waals surface area (Å²) in [7, 11) is 1.57. The number of hydrogen-bond donors (Lipinski definition) is 5. The first kappa shape index (κ1) is 22.5. The summed E-state index contributed by atoms with van der Waals surface area (Å²) in [6.07, 6.45) is 3.39. The Kier molecular flexibility index (Phi) is 5.42. The van der Waals surface area contributed by atoms with Crippen molar-refractivity contribution < 1.29 is 14.2 Å². The smallest absolute Gasteiger partial charge is 0.349 e. The number of pyridine rings is 1. The third kappa shape index (κ3) is 3.98. The fourth-order valence-electron chi connectivity index (χ4n) is 4.45. The minimum absolute atomic E-state index is 0.146. The lowest BCUT2D eigenvalue weighted by Crippen LogP contribution is -2.18. The number of hydrogen-bond acceptors (Lipinski definition) is 9. The number of nitrogen functional groups attached to an aromatic ring is 2. The minimum atomic E-state index is -0.589. The van der Waals surface area contributed by atoms with Crippen LogP contribution in [0.3, 0.4) is 0 Å². The number of aromatic nitrogens is 5. The van der Waals surface area contributed by atoms with E-state index in [1.807, 2.05) is 36.5 Å². The van der Waals surface area contributed by atoms with Gasteiger partial charge in [-0.2, -0.15) is 4.68 Å². The van der Waals surface area contributed by atoms with Crippen molar-refractivity contribution in [2.24, 2.45) is 0 Å². The molecule has 1 unspecified atom stereocenters. The van der Waals surface area contributed by atoms with E-state index < -0.39 is 11.7 Å². The molecule has 12 heteroatoms. The molecule has 0 radical (unpaired) electrons. The summed E-state index contributed by atoms with van der Waals surface area (Å²) in [5.74, 6) is 2.35. The molecule has 0 aliphatic carbocycles. The summed E-state index contributed by atoms with van der Waals surface area (Å²) in [4.78, 5) is 23.1. The molecule has 0 fully saturated rings. The fraction of sp³-hybridized carbons (Fsp3) is 0.160. The summed E-state index contributed by atoms with van der Waals surface area (Å²) in [5.41, 5.74) is 14.3. The first-order valence-corrected chi connectivity index (χ1v) is 11.5. The van der Waals surface area contributed by atoms with Gasteiger partial charge in [-0.25, -0.2) is 9.78 Å². The van der Waals surface area contributed by atoms with Crippen LogP contribution in [-0.4, -0.2) is 38.6 Å². The van der Waals surface area contributed by atoms with Crippen molar-refractivity contribution in [3.63, 3.8) is 0 Å². The highest BCUT2D eigenvalue weighted by Crippen LogP contribution is 2.39. The molecule has 188 valence electrons. The number of anilines is 3. The first-order chi connectivity index (χ1) is 18.0. The van der Waals surface area contributed by atoms with E-state index in [1.165, 1.54) is 0 Å². The van der Waals surface area contributed by atoms with Crippen LogP contribution in [0.25, 0.3) is 16.6 Å². The molecule has 0 spiro atoms. The van der Waals surface area contributed by atoms with Gasteiger partial charge in [-0.15, -0.1) is 5.10 Å². The Balaban J connectivity index is 1.48. The van der Waals surface area contributed by atoms with Crippen LogP contribution in [0, 0.1) is 0 Å². The van der Waals surface area contributed by atoms with Gasteiger partial charge in [-0.1, -0.05) is 0 Å². The molecule has 1 aliphatic rings. The summed E-state index contributed by atoms with van der Waals surface area (Å²) < 4.78 is 17.9. The highest BCUT2D eigenvalue weighted by atomic mass is 16.7. The zero-order valence-corrected chi connectivity index (χ0v) is 19.8. The molecule has 7 N–H and O–H groups in total. The van der Waals surface area contributed by atoms with Crippen LogP contribution in [0.5, 0.6) is 11.5 Å². The second kappa shape index (κ2) is 8.91. The largest absolute Gasteiger partial charge is 0.493 e. The van der Waals surface area contributed by atoms with E-state index in [0.29, 0.717) is 35.4 Å². The van der Waals surface area contributed by atoms with Gasteiger partial charge in [0.15, 0.2) is 29.9 Å². The Labute approximate surface area is 210 Å². The van der Waals surface area contributed by atoms with Crippen LogP contribution in [0.2, 0.25) is 0 Å². The number of fused-ring (bicyclic) bond motifs is 2. The van der Waals surface area contributed by atoms with Gasteiger partial charge < -0.3 is 36.0 Å². The van der Waals surface area contributed by atoms with Crippen LogP contribution in [-0.2, 0) is 11.3 Å². The number of aromatic amines is 2. The third-order valence-corrected chi connectivity index (χ3v) is 6.21. The quantitative estimate of drug-likeness (QED) is 0.235. The van der Waals surface area contributed by atoms with Gasteiger partial charge >= 0.3 is 5.69 Å². The SMILES string of the molecule is COc1cc(C(Nc2ccc3c(N)[nH]cc3c2)c2nn(-c3ncccc3N)c(=O)[nH]2)cc2c1OCOC2. The number of nitrogens with one attached hydrogen (secondary N) is 3. The highest BCUT2D eigenvalue weighted by Gasteiger charge is 2.26. The van der Waals surface area contributed by atoms with Gasteiger partial charge in [0.1, 0.15) is 11.9 Å². The summed E-state index contributed by atoms with van der Waals surface area (Å²) >= 11 is 0. The molecule has 6 rings (SSSR count). The van der Waals surface area contributed by atoms with E-state index in [0.717, 1.165) is 32.3 Å². The molecule has 2 aromatic carbocycles. The number of benzene rings is 2. The lowest BCUT2D eigenvalue weighted by Gasteiger charge is -2.24. The van der Waals surface area contributed by atoms with Gasteiger partial charge in [0.05, 0.1) is 19.4 Å². The molecule has 0 saturated carbocycles. The zero-order valence-electron chi connectivity index (χ0n) is 19.8. The average molecular weight is 501 g/mol. The van der Waals surface area contributed by atoms with Crippen molar-refractivity contribution >= 4 is 28.0 Å². The summed E-state index contributed by atoms with van der Waals surface area (Å²) in [6.45, 7) is 0.504. The molecule has 5 aromatic rings. The molecule has 4 heterocycles. The van der Waals surface area contributed by atoms with E-state index in [4.69, 9.17) is 25.7 Å². The Morgan fingerprint density at radius 2 is 2.11 bits per heavy atom. The second-order valence-corrected chi connectivity index (χ2v) is 8.55. The van der Waals surface area contributed by atoms with E-state index >= 15 is 0 Å². The number of ether oxygens (including phenoxy) is 3. The van der Waals surface area contributed by atoms with Gasteiger partial charge in [0, 0.05) is 34.4 Å². The van der Waals surface area contributed by atoms with Crippen molar-refractivity contribution in [2.45, 2.75) is 12.6 Å². The van der Waals surface area contributed by atoms with Gasteiger partial charge in [0.25, 0.3) is 0 Å². The monoisotopic (exact) mass is 500 g/mol. The molecule has 0 bridgehead atoms. The molecular weight excluding hydrogens is 476 g/mol. The van der Waals surface area contributed by atoms with E-state index in [9.17, 15) is 4.79 Å². The predicted octanol–water partition coefficient (Wildman–Crippen LogP) is 2.68. The highest BCUT2D eigenvalue weighted by molar-refractivity contribution is 5.94. The minimum Gasteiger partial charge on any atom is -0.493 e. The maximum absolute atomic E-state index is 13.0. The van der Waals surface area contributed by atoms with Crippen LogP contribution >= 0.6 is 0 Å². The van der Waals surface area contributed by atoms with Gasteiger partial charge in [-0.3, -0.25) is 4.98 Å². The molecule has 0 amide bonds. The van der Waals surface area contributed by atoms with Gasteiger partial charge in [-0.05, 0) is 48.0 Å². The van der Waals surface area contributed by atoms with Crippen LogP contribution in [0.1, 0.15) is 23.0 Å². The molecule has 1 aliphatic heterocycles. The summed E-state index contributed by atoms with van der Waals surface area (Å²) in [6, 6.07) is 12.3. The van der Waals surface area contributed by atoms with E-state index in [1.54, 1.807) is 25.4 Å². The molecular formula is C25H24N8O4. The lowest BCUT2D eigenvalue weighted by atomic mass is 10.0. The maximum Gasteiger partial charge on any atom is 0.349 e. The average Bonchev–Trinajstić information content (AvgIpc) is 3.48. The fourth-order valence-corrected chi connectivity index (χ4v) is 4.45. The molecule has 12 nitrogen and oxygen atoms in total. The van der Waals surface area contributed by atoms with E-state index in [-0.39, 0.29) is 12.6 Å². The number of nitrogens with two attached hydrogens (primary N) is 2. The molecule has 1 atom stereocenters. The van der Waals surface area contributed by atoms with E-state index in [2.05, 4.69) is 25.4 Å². The molecule has 37 heavy (non-hydrogen) atoms. The topological polar surface area (TPSA) is 171 Å². The Morgan fingerprint density at radius 1 is 1.22 bits per heavy atom. The molecule has 3 aromatic heterocycles. The Bertz CT molecular complexity index is 1650. The van der Waals surface area contributed by atoms with Crippen molar-refractivity contribution in [2.75, 3.05) is 30.7 Å². The van der Waals surface area contributed by atoms with Crippen molar-refractivity contribution in [1.82, 2.24) is 24.7 Å². The van der Waals surface area contributed by atoms with Gasteiger partial charge in [0.2, 0.25) is 0 Å². The third-order valence-electron chi connectivity index (χ3n) is 6.21. The first-order valence-electron chi connectivity index (χ1n) is 11.5. The number of nitrogens with zero attached hydrogens (tertiary/aromatic N) is 3. The zero-order chi connectivity index (χ0) is 25.5. The maximum atomic E-state index is 13.0. The molecule has 0 saturated heterocycles. The van der Waals surface area contributed by atoms with Crippen molar-refractivity contribution in [3.05, 3.63) is 82.3 Å². The van der Waals surface area contributed by atoms with Crippen molar-refractivity contribution in [3.8, 4) is 17.3 Å². The number of methoxy groups -OCH3 is 1. The van der Waals surface area contributed by atoms with Crippen LogP contribution in [0.4, 0.5) is 17.2 Å². The normalized spacial score (nSPS) is 13.6. The van der Waals surface area contributed by atoms with Crippen LogP contribution in [0.15, 0.2) is 59.7 Å². The number of rotatable bonds is 6. The standard InChI is InChI=1S/C25H24N8O4/c1-35-19-9-13(7-15-11-36-12-37-21(15)19)20(30-16-4-5-17-14(8-16)10-29-22(17)27)23-31-25(34)33(32-23)24-18(26)3-2-6-28-24/h2-10,20,29-30H,11-12,26-27H2,1H3,(H,31,32,34). The Morgan fingerprint density at radius 3 is 2.95 bits per heavy atom. The van der Waals surface area contributed by atoms with Crippen LogP contribution < -0.4 is 31.9 Å². The lowest BCUT2D eigenvalue weighted by molar-refractivity contribution is -0.0180. The Hall–Kier alpha value is -4.97. The predicted molar refractivity (Wildman–Crippen MR) is 138 cm³/mol.